The molecule has 122 valence electrons. The highest BCUT2D eigenvalue weighted by Gasteiger charge is 2.30. The summed E-state index contributed by atoms with van der Waals surface area (Å²) >= 11 is 5.75. The van der Waals surface area contributed by atoms with Crippen LogP contribution >= 0.6 is 12.2 Å². The van der Waals surface area contributed by atoms with E-state index in [1.807, 2.05) is 16.9 Å². The SMILES string of the molecule is CC1CC[NH+](Cn2nc(-c3cccnc3)n(C3CC3)c2=S)CC1. The van der Waals surface area contributed by atoms with Gasteiger partial charge in [0.2, 0.25) is 4.77 Å². The van der Waals surface area contributed by atoms with E-state index < -0.39 is 0 Å². The molecule has 2 fully saturated rings. The van der Waals surface area contributed by atoms with Crippen molar-refractivity contribution in [3.05, 3.63) is 29.3 Å². The van der Waals surface area contributed by atoms with Gasteiger partial charge in [-0.2, -0.15) is 4.68 Å². The smallest absolute Gasteiger partial charge is 0.203 e. The lowest BCUT2D eigenvalue weighted by molar-refractivity contribution is -0.929. The van der Waals surface area contributed by atoms with E-state index in [0.29, 0.717) is 6.04 Å². The molecule has 6 heteroatoms. The zero-order chi connectivity index (χ0) is 15.8. The number of nitrogens with one attached hydrogen (secondary N) is 1. The fourth-order valence-corrected chi connectivity index (χ4v) is 3.76. The highest BCUT2D eigenvalue weighted by molar-refractivity contribution is 7.71. The summed E-state index contributed by atoms with van der Waals surface area (Å²) < 4.78 is 5.16. The quantitative estimate of drug-likeness (QED) is 0.873. The second kappa shape index (κ2) is 6.17. The molecule has 23 heavy (non-hydrogen) atoms. The maximum absolute atomic E-state index is 5.75. The largest absolute Gasteiger partial charge is 0.316 e. The molecule has 2 aliphatic rings. The standard InChI is InChI=1S/C17H23N5S/c1-13-6-9-20(10-7-13)12-21-17(23)22(15-4-5-15)16(19-21)14-3-2-8-18-11-14/h2-3,8,11,13,15H,4-7,9-10,12H2,1H3/p+1. The second-order valence-electron chi connectivity index (χ2n) is 7.04. The fraction of sp³-hybridized carbons (Fsp3) is 0.588. The first-order chi connectivity index (χ1) is 11.2. The van der Waals surface area contributed by atoms with Crippen LogP contribution in [-0.2, 0) is 6.67 Å². The van der Waals surface area contributed by atoms with Crippen LogP contribution in [0.15, 0.2) is 24.5 Å². The average molecular weight is 330 g/mol. The lowest BCUT2D eigenvalue weighted by atomic mass is 10.00. The van der Waals surface area contributed by atoms with Gasteiger partial charge in [0.15, 0.2) is 12.5 Å². The molecule has 2 aromatic heterocycles. The first-order valence-electron chi connectivity index (χ1n) is 8.65. The number of piperidine rings is 1. The van der Waals surface area contributed by atoms with E-state index in [0.717, 1.165) is 28.7 Å². The minimum atomic E-state index is 0.530. The number of rotatable bonds is 4. The molecule has 0 atom stereocenters. The van der Waals surface area contributed by atoms with Crippen molar-refractivity contribution in [1.82, 2.24) is 19.3 Å². The van der Waals surface area contributed by atoms with Gasteiger partial charge < -0.3 is 4.90 Å². The van der Waals surface area contributed by atoms with Crippen LogP contribution in [0.25, 0.3) is 11.4 Å². The molecule has 0 spiro atoms. The number of likely N-dealkylation sites (tertiary alicyclic amines) is 1. The van der Waals surface area contributed by atoms with Crippen molar-refractivity contribution in [1.29, 1.82) is 0 Å². The van der Waals surface area contributed by atoms with Gasteiger partial charge in [-0.05, 0) is 56.0 Å². The maximum atomic E-state index is 5.75. The van der Waals surface area contributed by atoms with Crippen molar-refractivity contribution in [2.24, 2.45) is 5.92 Å². The Hall–Kier alpha value is -1.53. The molecule has 0 radical (unpaired) electrons. The highest BCUT2D eigenvalue weighted by atomic mass is 32.1. The number of quaternary nitrogens is 1. The molecule has 0 amide bonds. The summed E-state index contributed by atoms with van der Waals surface area (Å²) in [5.74, 6) is 1.84. The van der Waals surface area contributed by atoms with E-state index in [9.17, 15) is 0 Å². The Morgan fingerprint density at radius 2 is 2.04 bits per heavy atom. The van der Waals surface area contributed by atoms with E-state index in [2.05, 4.69) is 22.5 Å². The normalized spacial score (nSPS) is 24.7. The summed E-state index contributed by atoms with van der Waals surface area (Å²) in [6, 6.07) is 4.57. The lowest BCUT2D eigenvalue weighted by Crippen LogP contribution is -3.12. The van der Waals surface area contributed by atoms with Gasteiger partial charge in [-0.1, -0.05) is 6.92 Å². The van der Waals surface area contributed by atoms with Crippen molar-refractivity contribution in [3.63, 3.8) is 0 Å². The zero-order valence-electron chi connectivity index (χ0n) is 13.6. The third kappa shape index (κ3) is 3.10. The number of aromatic nitrogens is 4. The van der Waals surface area contributed by atoms with Gasteiger partial charge >= 0.3 is 0 Å². The minimum absolute atomic E-state index is 0.530. The first kappa shape index (κ1) is 15.0. The van der Waals surface area contributed by atoms with Crippen LogP contribution in [0.3, 0.4) is 0 Å². The summed E-state index contributed by atoms with van der Waals surface area (Å²) in [4.78, 5) is 5.84. The zero-order valence-corrected chi connectivity index (χ0v) is 14.4. The van der Waals surface area contributed by atoms with E-state index in [-0.39, 0.29) is 0 Å². The van der Waals surface area contributed by atoms with Crippen molar-refractivity contribution >= 4 is 12.2 Å². The van der Waals surface area contributed by atoms with Gasteiger partial charge in [-0.3, -0.25) is 9.55 Å². The molecule has 0 bridgehead atoms. The number of hydrogen-bond acceptors (Lipinski definition) is 3. The van der Waals surface area contributed by atoms with E-state index in [1.165, 1.54) is 38.8 Å². The molecule has 0 unspecified atom stereocenters. The van der Waals surface area contributed by atoms with Crippen LogP contribution in [0, 0.1) is 10.7 Å². The Labute approximate surface area is 142 Å². The summed E-state index contributed by atoms with van der Waals surface area (Å²) in [6.07, 6.45) is 8.72. The molecule has 1 aliphatic heterocycles. The van der Waals surface area contributed by atoms with E-state index >= 15 is 0 Å². The predicted molar refractivity (Wildman–Crippen MR) is 91.6 cm³/mol. The number of pyridine rings is 1. The molecule has 1 aliphatic carbocycles. The lowest BCUT2D eigenvalue weighted by Gasteiger charge is -2.26. The first-order valence-corrected chi connectivity index (χ1v) is 9.06. The summed E-state index contributed by atoms with van der Waals surface area (Å²) in [6.45, 7) is 5.69. The van der Waals surface area contributed by atoms with Crippen molar-refractivity contribution in [2.45, 2.75) is 45.3 Å². The van der Waals surface area contributed by atoms with Crippen LogP contribution < -0.4 is 4.90 Å². The average Bonchev–Trinajstić information content (AvgIpc) is 3.36. The van der Waals surface area contributed by atoms with Gasteiger partial charge in [0, 0.05) is 24.0 Å². The van der Waals surface area contributed by atoms with Crippen LogP contribution in [0.4, 0.5) is 0 Å². The highest BCUT2D eigenvalue weighted by Crippen LogP contribution is 2.38. The second-order valence-corrected chi connectivity index (χ2v) is 7.40. The maximum Gasteiger partial charge on any atom is 0.203 e. The predicted octanol–water partition coefficient (Wildman–Crippen LogP) is 2.08. The Bertz CT molecular complexity index is 723. The molecule has 3 heterocycles. The van der Waals surface area contributed by atoms with Gasteiger partial charge in [-0.15, -0.1) is 5.10 Å². The molecule has 2 aromatic rings. The Morgan fingerprint density at radius 1 is 1.26 bits per heavy atom. The van der Waals surface area contributed by atoms with Crippen LogP contribution in [0.5, 0.6) is 0 Å². The van der Waals surface area contributed by atoms with E-state index in [4.69, 9.17) is 17.3 Å². The topological polar surface area (TPSA) is 40.1 Å². The van der Waals surface area contributed by atoms with Crippen LogP contribution in [-0.4, -0.2) is 32.4 Å². The fourth-order valence-electron chi connectivity index (χ4n) is 3.42. The van der Waals surface area contributed by atoms with E-state index in [1.54, 1.807) is 11.1 Å². The third-order valence-corrected chi connectivity index (χ3v) is 5.46. The summed E-state index contributed by atoms with van der Waals surface area (Å²) in [7, 11) is 0. The molecule has 4 rings (SSSR count). The molecule has 1 N–H and O–H groups in total. The van der Waals surface area contributed by atoms with Crippen LogP contribution in [0.2, 0.25) is 0 Å². The van der Waals surface area contributed by atoms with Crippen molar-refractivity contribution in [2.75, 3.05) is 13.1 Å². The summed E-state index contributed by atoms with van der Waals surface area (Å²) in [5, 5.41) is 4.87. The molecular weight excluding hydrogens is 306 g/mol. The monoisotopic (exact) mass is 330 g/mol. The Morgan fingerprint density at radius 3 is 2.70 bits per heavy atom. The third-order valence-electron chi connectivity index (χ3n) is 5.06. The molecule has 1 saturated carbocycles. The van der Waals surface area contributed by atoms with Gasteiger partial charge in [0.25, 0.3) is 0 Å². The van der Waals surface area contributed by atoms with Gasteiger partial charge in [0.1, 0.15) is 0 Å². The molecule has 1 saturated heterocycles. The molecule has 5 nitrogen and oxygen atoms in total. The summed E-state index contributed by atoms with van der Waals surface area (Å²) in [5.41, 5.74) is 1.06. The van der Waals surface area contributed by atoms with Gasteiger partial charge in [-0.25, -0.2) is 0 Å². The Balaban J connectivity index is 1.64. The number of hydrogen-bond donors (Lipinski definition) is 1. The van der Waals surface area contributed by atoms with Crippen LogP contribution in [0.1, 0.15) is 38.6 Å². The van der Waals surface area contributed by atoms with Crippen molar-refractivity contribution in [3.8, 4) is 11.4 Å². The van der Waals surface area contributed by atoms with Gasteiger partial charge in [0.05, 0.1) is 13.1 Å². The minimum Gasteiger partial charge on any atom is -0.316 e. The van der Waals surface area contributed by atoms with Crippen molar-refractivity contribution < 1.29 is 4.90 Å². The molecular formula is C17H24N5S+. The number of nitrogens with zero attached hydrogens (tertiary/aromatic N) is 4. The molecule has 0 aromatic carbocycles. The Kier molecular flexibility index (Phi) is 4.03.